The molecule has 7 heteroatoms. The molecule has 4 nitrogen and oxygen atoms in total. The number of hydrogen-bond donors (Lipinski definition) is 0. The van der Waals surface area contributed by atoms with Crippen molar-refractivity contribution in [1.29, 1.82) is 0 Å². The molecule has 0 spiro atoms. The van der Waals surface area contributed by atoms with E-state index in [1.165, 1.54) is 23.0 Å². The Balaban J connectivity index is 2.27. The molecular formula is C12H16BrClN2O2S. The fourth-order valence-electron chi connectivity index (χ4n) is 2.35. The number of rotatable bonds is 3. The summed E-state index contributed by atoms with van der Waals surface area (Å²) in [5.41, 5.74) is 0. The first-order valence-corrected chi connectivity index (χ1v) is 8.83. The fraction of sp³-hybridized carbons (Fsp3) is 0.583. The van der Waals surface area contributed by atoms with Crippen LogP contribution < -0.4 is 0 Å². The first-order valence-electron chi connectivity index (χ1n) is 6.22. The van der Waals surface area contributed by atoms with Crippen LogP contribution in [0.1, 0.15) is 32.1 Å². The number of nitrogens with zero attached hydrogens (tertiary/aromatic N) is 2. The Morgan fingerprint density at radius 3 is 2.58 bits per heavy atom. The van der Waals surface area contributed by atoms with Gasteiger partial charge in [-0.3, -0.25) is 0 Å². The molecule has 0 aliphatic heterocycles. The predicted octanol–water partition coefficient (Wildman–Crippen LogP) is 3.45. The first kappa shape index (κ1) is 15.2. The SMILES string of the molecule is CN(C1CCCCC1)S(=O)(=O)c1cnc(Cl)c(Br)c1. The second kappa shape index (κ2) is 6.08. The van der Waals surface area contributed by atoms with Gasteiger partial charge in [0.15, 0.2) is 0 Å². The molecule has 0 atom stereocenters. The highest BCUT2D eigenvalue weighted by molar-refractivity contribution is 9.10. The second-order valence-electron chi connectivity index (χ2n) is 4.76. The average Bonchev–Trinajstić information content (AvgIpc) is 2.41. The molecule has 0 amide bonds. The molecule has 1 aliphatic carbocycles. The van der Waals surface area contributed by atoms with E-state index in [0.717, 1.165) is 25.7 Å². The number of aromatic nitrogens is 1. The van der Waals surface area contributed by atoms with Gasteiger partial charge in [-0.15, -0.1) is 0 Å². The van der Waals surface area contributed by atoms with Gasteiger partial charge in [-0.2, -0.15) is 4.31 Å². The summed E-state index contributed by atoms with van der Waals surface area (Å²) in [6, 6.07) is 1.59. The highest BCUT2D eigenvalue weighted by Gasteiger charge is 2.29. The zero-order chi connectivity index (χ0) is 14.0. The molecule has 1 heterocycles. The van der Waals surface area contributed by atoms with Crippen molar-refractivity contribution < 1.29 is 8.42 Å². The first-order chi connectivity index (χ1) is 8.93. The summed E-state index contributed by atoms with van der Waals surface area (Å²) in [4.78, 5) is 4.06. The number of halogens is 2. The summed E-state index contributed by atoms with van der Waals surface area (Å²) >= 11 is 9.00. The van der Waals surface area contributed by atoms with Crippen molar-refractivity contribution >= 4 is 37.6 Å². The smallest absolute Gasteiger partial charge is 0.242 e. The van der Waals surface area contributed by atoms with Crippen molar-refractivity contribution in [1.82, 2.24) is 9.29 Å². The van der Waals surface area contributed by atoms with Crippen molar-refractivity contribution in [2.24, 2.45) is 0 Å². The maximum Gasteiger partial charge on any atom is 0.244 e. The topological polar surface area (TPSA) is 50.3 Å². The van der Waals surface area contributed by atoms with E-state index < -0.39 is 10.0 Å². The van der Waals surface area contributed by atoms with Crippen molar-refractivity contribution in [2.75, 3.05) is 7.05 Å². The average molecular weight is 368 g/mol. The van der Waals surface area contributed by atoms with Gasteiger partial charge < -0.3 is 0 Å². The van der Waals surface area contributed by atoms with E-state index in [2.05, 4.69) is 20.9 Å². The normalized spacial score (nSPS) is 17.9. The Bertz CT molecular complexity index is 559. The standard InChI is InChI=1S/C12H16BrClN2O2S/c1-16(9-5-3-2-4-6-9)19(17,18)10-7-11(13)12(14)15-8-10/h7-9H,2-6H2,1H3. The molecule has 0 radical (unpaired) electrons. The molecule has 1 fully saturated rings. The third-order valence-corrected chi connectivity index (χ3v) is 6.55. The molecule has 0 aromatic carbocycles. The molecule has 19 heavy (non-hydrogen) atoms. The molecule has 1 aromatic rings. The highest BCUT2D eigenvalue weighted by Crippen LogP contribution is 2.28. The molecule has 0 saturated heterocycles. The molecule has 1 saturated carbocycles. The maximum atomic E-state index is 12.5. The van der Waals surface area contributed by atoms with Crippen molar-refractivity contribution in [2.45, 2.75) is 43.0 Å². The lowest BCUT2D eigenvalue weighted by molar-refractivity contribution is 0.286. The fourth-order valence-corrected chi connectivity index (χ4v) is 4.34. The lowest BCUT2D eigenvalue weighted by atomic mass is 9.96. The largest absolute Gasteiger partial charge is 0.244 e. The Labute approximate surface area is 127 Å². The van der Waals surface area contributed by atoms with Gasteiger partial charge in [0.05, 0.1) is 4.47 Å². The molecule has 0 unspecified atom stereocenters. The van der Waals surface area contributed by atoms with Crippen molar-refractivity contribution in [3.63, 3.8) is 0 Å². The summed E-state index contributed by atoms with van der Waals surface area (Å²) in [7, 11) is -1.85. The molecule has 1 aromatic heterocycles. The lowest BCUT2D eigenvalue weighted by Crippen LogP contribution is -2.38. The molecular weight excluding hydrogens is 352 g/mol. The van der Waals surface area contributed by atoms with Crippen LogP contribution in [0, 0.1) is 0 Å². The molecule has 1 aliphatic rings. The van der Waals surface area contributed by atoms with Crippen molar-refractivity contribution in [3.05, 3.63) is 21.9 Å². The zero-order valence-electron chi connectivity index (χ0n) is 10.6. The maximum absolute atomic E-state index is 12.5. The molecule has 0 N–H and O–H groups in total. The van der Waals surface area contributed by atoms with Crippen LogP contribution in [0.4, 0.5) is 0 Å². The van der Waals surface area contributed by atoms with Crippen LogP contribution in [-0.2, 0) is 10.0 Å². The Morgan fingerprint density at radius 1 is 1.37 bits per heavy atom. The summed E-state index contributed by atoms with van der Waals surface area (Å²) in [5, 5.41) is 0.263. The second-order valence-corrected chi connectivity index (χ2v) is 7.97. The van der Waals surface area contributed by atoms with Crippen LogP contribution >= 0.6 is 27.5 Å². The number of pyridine rings is 1. The molecule has 0 bridgehead atoms. The van der Waals surface area contributed by atoms with Gasteiger partial charge >= 0.3 is 0 Å². The minimum absolute atomic E-state index is 0.0909. The Morgan fingerprint density at radius 2 is 2.00 bits per heavy atom. The molecule has 106 valence electrons. The van der Waals surface area contributed by atoms with Crippen LogP contribution in [0.15, 0.2) is 21.6 Å². The quantitative estimate of drug-likeness (QED) is 0.769. The van der Waals surface area contributed by atoms with Crippen LogP contribution in [0.25, 0.3) is 0 Å². The van der Waals surface area contributed by atoms with Gasteiger partial charge in [0.2, 0.25) is 10.0 Å². The van der Waals surface area contributed by atoms with Crippen LogP contribution in [0.2, 0.25) is 5.15 Å². The lowest BCUT2D eigenvalue weighted by Gasteiger charge is -2.30. The van der Waals surface area contributed by atoms with E-state index in [4.69, 9.17) is 11.6 Å². The monoisotopic (exact) mass is 366 g/mol. The van der Waals surface area contributed by atoms with Gasteiger partial charge in [-0.25, -0.2) is 13.4 Å². The van der Waals surface area contributed by atoms with E-state index in [1.807, 2.05) is 0 Å². The Hall–Kier alpha value is -0.170. The number of hydrogen-bond acceptors (Lipinski definition) is 3. The summed E-state index contributed by atoms with van der Waals surface area (Å²) in [5.74, 6) is 0. The summed E-state index contributed by atoms with van der Waals surface area (Å²) in [6.45, 7) is 0. The van der Waals surface area contributed by atoms with Crippen LogP contribution in [0.5, 0.6) is 0 Å². The third-order valence-electron chi connectivity index (χ3n) is 3.54. The zero-order valence-corrected chi connectivity index (χ0v) is 13.8. The summed E-state index contributed by atoms with van der Waals surface area (Å²) < 4.78 is 27.0. The van der Waals surface area contributed by atoms with Crippen LogP contribution in [-0.4, -0.2) is 30.8 Å². The van der Waals surface area contributed by atoms with E-state index in [1.54, 1.807) is 7.05 Å². The van der Waals surface area contributed by atoms with Gasteiger partial charge in [-0.05, 0) is 34.8 Å². The van der Waals surface area contributed by atoms with Gasteiger partial charge in [0.25, 0.3) is 0 Å². The molecule has 2 rings (SSSR count). The van der Waals surface area contributed by atoms with Gasteiger partial charge in [0, 0.05) is 19.3 Å². The third kappa shape index (κ3) is 3.29. The van der Waals surface area contributed by atoms with E-state index in [-0.39, 0.29) is 16.1 Å². The minimum Gasteiger partial charge on any atom is -0.242 e. The van der Waals surface area contributed by atoms with Crippen LogP contribution in [0.3, 0.4) is 0 Å². The van der Waals surface area contributed by atoms with Crippen molar-refractivity contribution in [3.8, 4) is 0 Å². The number of sulfonamides is 1. The van der Waals surface area contributed by atoms with E-state index in [0.29, 0.717) is 4.47 Å². The van der Waals surface area contributed by atoms with E-state index >= 15 is 0 Å². The van der Waals surface area contributed by atoms with Gasteiger partial charge in [0.1, 0.15) is 10.0 Å². The van der Waals surface area contributed by atoms with Gasteiger partial charge in [-0.1, -0.05) is 30.9 Å². The predicted molar refractivity (Wildman–Crippen MR) is 78.8 cm³/mol. The minimum atomic E-state index is -3.50. The summed E-state index contributed by atoms with van der Waals surface area (Å²) in [6.07, 6.45) is 6.54. The Kier molecular flexibility index (Phi) is 4.87. The van der Waals surface area contributed by atoms with E-state index in [9.17, 15) is 8.42 Å². The highest BCUT2D eigenvalue weighted by atomic mass is 79.9.